The second-order valence-electron chi connectivity index (χ2n) is 2.77. The Balaban J connectivity index is 3.87. The standard InChI is InChI=1S/C11H16/c1-5-6-7-11(4)9-8-10(2)3/h5-10H,1,4H2,2-3H3/b7-6-,9-8+. The molecular weight excluding hydrogens is 132 g/mol. The summed E-state index contributed by atoms with van der Waals surface area (Å²) in [6.07, 6.45) is 9.70. The Hall–Kier alpha value is -1.04. The first-order chi connectivity index (χ1) is 5.16. The van der Waals surface area contributed by atoms with Gasteiger partial charge in [-0.05, 0) is 11.5 Å². The van der Waals surface area contributed by atoms with Gasteiger partial charge in [-0.3, -0.25) is 0 Å². The second kappa shape index (κ2) is 5.72. The summed E-state index contributed by atoms with van der Waals surface area (Å²) in [5.74, 6) is 0.587. The molecule has 0 heterocycles. The van der Waals surface area contributed by atoms with Crippen molar-refractivity contribution >= 4 is 0 Å². The fraction of sp³-hybridized carbons (Fsp3) is 0.273. The molecule has 0 amide bonds. The highest BCUT2D eigenvalue weighted by atomic mass is 13.9. The lowest BCUT2D eigenvalue weighted by atomic mass is 10.1. The maximum absolute atomic E-state index is 3.84. The summed E-state index contributed by atoms with van der Waals surface area (Å²) < 4.78 is 0. The fourth-order valence-corrected chi connectivity index (χ4v) is 0.563. The highest BCUT2D eigenvalue weighted by molar-refractivity contribution is 5.29. The van der Waals surface area contributed by atoms with Gasteiger partial charge >= 0.3 is 0 Å². The van der Waals surface area contributed by atoms with Gasteiger partial charge in [-0.1, -0.05) is 57.4 Å². The van der Waals surface area contributed by atoms with Crippen molar-refractivity contribution < 1.29 is 0 Å². The van der Waals surface area contributed by atoms with Gasteiger partial charge in [-0.25, -0.2) is 0 Å². The van der Waals surface area contributed by atoms with Gasteiger partial charge in [0.2, 0.25) is 0 Å². The van der Waals surface area contributed by atoms with Crippen LogP contribution >= 0.6 is 0 Å². The van der Waals surface area contributed by atoms with Crippen molar-refractivity contribution in [2.75, 3.05) is 0 Å². The minimum Gasteiger partial charge on any atom is -0.0991 e. The summed E-state index contributed by atoms with van der Waals surface area (Å²) in [4.78, 5) is 0. The molecular formula is C11H16. The third kappa shape index (κ3) is 6.85. The smallest absolute Gasteiger partial charge is 0.0287 e. The highest BCUT2D eigenvalue weighted by Gasteiger charge is 1.83. The van der Waals surface area contributed by atoms with E-state index in [9.17, 15) is 0 Å². The van der Waals surface area contributed by atoms with Gasteiger partial charge in [-0.15, -0.1) is 0 Å². The molecule has 0 unspecified atom stereocenters. The van der Waals surface area contributed by atoms with E-state index < -0.39 is 0 Å². The number of hydrogen-bond acceptors (Lipinski definition) is 0. The molecule has 0 N–H and O–H groups in total. The summed E-state index contributed by atoms with van der Waals surface area (Å²) >= 11 is 0. The average molecular weight is 148 g/mol. The molecule has 0 heteroatoms. The van der Waals surface area contributed by atoms with Gasteiger partial charge in [0.1, 0.15) is 0 Å². The van der Waals surface area contributed by atoms with Gasteiger partial charge in [0.15, 0.2) is 0 Å². The predicted octanol–water partition coefficient (Wildman–Crippen LogP) is 3.50. The Morgan fingerprint density at radius 3 is 2.36 bits per heavy atom. The zero-order valence-corrected chi connectivity index (χ0v) is 7.38. The van der Waals surface area contributed by atoms with Gasteiger partial charge in [-0.2, -0.15) is 0 Å². The van der Waals surface area contributed by atoms with Crippen molar-refractivity contribution in [1.82, 2.24) is 0 Å². The van der Waals surface area contributed by atoms with E-state index in [-0.39, 0.29) is 0 Å². The minimum absolute atomic E-state index is 0.587. The van der Waals surface area contributed by atoms with E-state index in [1.807, 2.05) is 18.2 Å². The largest absolute Gasteiger partial charge is 0.0991 e. The van der Waals surface area contributed by atoms with Crippen molar-refractivity contribution in [3.63, 3.8) is 0 Å². The van der Waals surface area contributed by atoms with Crippen LogP contribution < -0.4 is 0 Å². The van der Waals surface area contributed by atoms with E-state index >= 15 is 0 Å². The molecule has 0 radical (unpaired) electrons. The molecule has 0 saturated carbocycles. The Bertz CT molecular complexity index is 180. The zero-order chi connectivity index (χ0) is 8.69. The molecule has 0 aliphatic rings. The molecule has 0 aliphatic heterocycles. The van der Waals surface area contributed by atoms with E-state index in [0.717, 1.165) is 5.57 Å². The van der Waals surface area contributed by atoms with Gasteiger partial charge in [0, 0.05) is 0 Å². The summed E-state index contributed by atoms with van der Waals surface area (Å²) in [5, 5.41) is 0. The first kappa shape index (κ1) is 9.96. The monoisotopic (exact) mass is 148 g/mol. The van der Waals surface area contributed by atoms with Crippen molar-refractivity contribution in [2.45, 2.75) is 13.8 Å². The van der Waals surface area contributed by atoms with Crippen LogP contribution in [0.25, 0.3) is 0 Å². The van der Waals surface area contributed by atoms with Crippen molar-refractivity contribution in [1.29, 1.82) is 0 Å². The molecule has 0 saturated heterocycles. The van der Waals surface area contributed by atoms with Crippen molar-refractivity contribution in [3.05, 3.63) is 49.1 Å². The van der Waals surface area contributed by atoms with Crippen LogP contribution in [-0.4, -0.2) is 0 Å². The molecule has 0 fully saturated rings. The summed E-state index contributed by atoms with van der Waals surface area (Å²) in [6.45, 7) is 11.7. The molecule has 0 aromatic rings. The Labute approximate surface area is 69.6 Å². The van der Waals surface area contributed by atoms with Crippen LogP contribution in [0.4, 0.5) is 0 Å². The molecule has 0 aromatic carbocycles. The molecule has 0 bridgehead atoms. The van der Waals surface area contributed by atoms with Crippen LogP contribution in [-0.2, 0) is 0 Å². The summed E-state index contributed by atoms with van der Waals surface area (Å²) in [5.41, 5.74) is 1.01. The second-order valence-corrected chi connectivity index (χ2v) is 2.77. The van der Waals surface area contributed by atoms with Crippen LogP contribution in [0.2, 0.25) is 0 Å². The average Bonchev–Trinajstić information content (AvgIpc) is 1.97. The molecule has 0 nitrogen and oxygen atoms in total. The molecule has 0 aromatic heterocycles. The summed E-state index contributed by atoms with van der Waals surface area (Å²) in [7, 11) is 0. The highest BCUT2D eigenvalue weighted by Crippen LogP contribution is 2.00. The number of hydrogen-bond donors (Lipinski definition) is 0. The third-order valence-corrected chi connectivity index (χ3v) is 1.14. The van der Waals surface area contributed by atoms with E-state index in [1.54, 1.807) is 6.08 Å². The quantitative estimate of drug-likeness (QED) is 0.535. The van der Waals surface area contributed by atoms with E-state index in [4.69, 9.17) is 0 Å². The SMILES string of the molecule is C=C/C=C\C(=C)/C=C/C(C)C. The van der Waals surface area contributed by atoms with Gasteiger partial charge in [0.05, 0.1) is 0 Å². The lowest BCUT2D eigenvalue weighted by Gasteiger charge is -1.92. The van der Waals surface area contributed by atoms with E-state index in [1.165, 1.54) is 0 Å². The first-order valence-corrected chi connectivity index (χ1v) is 3.83. The lowest BCUT2D eigenvalue weighted by molar-refractivity contribution is 0.831. The fourth-order valence-electron chi connectivity index (χ4n) is 0.563. The normalized spacial score (nSPS) is 11.5. The Morgan fingerprint density at radius 2 is 1.91 bits per heavy atom. The maximum Gasteiger partial charge on any atom is -0.0287 e. The predicted molar refractivity (Wildman–Crippen MR) is 52.5 cm³/mol. The zero-order valence-electron chi connectivity index (χ0n) is 7.38. The Kier molecular flexibility index (Phi) is 5.18. The molecule has 0 aliphatic carbocycles. The molecule has 0 atom stereocenters. The van der Waals surface area contributed by atoms with Crippen LogP contribution in [0.5, 0.6) is 0 Å². The van der Waals surface area contributed by atoms with Crippen molar-refractivity contribution in [2.24, 2.45) is 5.92 Å². The van der Waals surface area contributed by atoms with Crippen LogP contribution in [0.15, 0.2) is 49.1 Å². The van der Waals surface area contributed by atoms with Crippen LogP contribution in [0.1, 0.15) is 13.8 Å². The molecule has 60 valence electrons. The number of allylic oxidation sites excluding steroid dienone is 6. The topological polar surface area (TPSA) is 0 Å². The molecule has 0 spiro atoms. The minimum atomic E-state index is 0.587. The van der Waals surface area contributed by atoms with E-state index in [2.05, 4.69) is 33.1 Å². The molecule has 11 heavy (non-hydrogen) atoms. The molecule has 0 rings (SSSR count). The van der Waals surface area contributed by atoms with Crippen molar-refractivity contribution in [3.8, 4) is 0 Å². The van der Waals surface area contributed by atoms with Crippen LogP contribution in [0.3, 0.4) is 0 Å². The van der Waals surface area contributed by atoms with Crippen LogP contribution in [0, 0.1) is 5.92 Å². The summed E-state index contributed by atoms with van der Waals surface area (Å²) in [6, 6.07) is 0. The Morgan fingerprint density at radius 1 is 1.27 bits per heavy atom. The van der Waals surface area contributed by atoms with E-state index in [0.29, 0.717) is 5.92 Å². The van der Waals surface area contributed by atoms with Gasteiger partial charge in [0.25, 0.3) is 0 Å². The lowest BCUT2D eigenvalue weighted by Crippen LogP contribution is -1.77. The third-order valence-electron chi connectivity index (χ3n) is 1.14. The first-order valence-electron chi connectivity index (χ1n) is 3.83. The maximum atomic E-state index is 3.84. The number of rotatable bonds is 4. The van der Waals surface area contributed by atoms with Gasteiger partial charge < -0.3 is 0 Å².